The molecule has 0 radical (unpaired) electrons. The summed E-state index contributed by atoms with van der Waals surface area (Å²) in [6.45, 7) is 3.32. The highest BCUT2D eigenvalue weighted by Gasteiger charge is 2.13. The summed E-state index contributed by atoms with van der Waals surface area (Å²) in [7, 11) is 0. The number of carboxylic acid groups (broad SMARTS) is 1. The van der Waals surface area contributed by atoms with Gasteiger partial charge >= 0.3 is 5.97 Å². The molecule has 5 aromatic rings. The number of hydrogen-bond donors (Lipinski definition) is 1. The van der Waals surface area contributed by atoms with Crippen LogP contribution in [0, 0.1) is 0 Å². The van der Waals surface area contributed by atoms with E-state index < -0.39 is 5.97 Å². The van der Waals surface area contributed by atoms with E-state index in [9.17, 15) is 9.90 Å². The quantitative estimate of drug-likeness (QED) is 0.161. The molecule has 0 aliphatic heterocycles. The van der Waals surface area contributed by atoms with E-state index in [1.165, 1.54) is 0 Å². The van der Waals surface area contributed by atoms with Crippen LogP contribution in [0.5, 0.6) is 11.5 Å². The molecule has 5 nitrogen and oxygen atoms in total. The fourth-order valence-electron chi connectivity index (χ4n) is 4.68. The van der Waals surface area contributed by atoms with Crippen molar-refractivity contribution in [1.82, 2.24) is 4.57 Å². The second kappa shape index (κ2) is 13.4. The molecule has 0 aliphatic rings. The van der Waals surface area contributed by atoms with E-state index in [1.807, 2.05) is 122 Å². The van der Waals surface area contributed by atoms with Crippen LogP contribution in [-0.2, 0) is 24.6 Å². The van der Waals surface area contributed by atoms with Gasteiger partial charge < -0.3 is 19.1 Å². The van der Waals surface area contributed by atoms with Gasteiger partial charge in [-0.3, -0.25) is 0 Å². The smallest absolute Gasteiger partial charge is 0.331 e. The first-order chi connectivity index (χ1) is 20.1. The van der Waals surface area contributed by atoms with Crippen LogP contribution in [-0.4, -0.2) is 15.6 Å². The molecule has 5 rings (SSSR count). The van der Waals surface area contributed by atoms with E-state index >= 15 is 0 Å². The molecule has 41 heavy (non-hydrogen) atoms. The van der Waals surface area contributed by atoms with Gasteiger partial charge in [-0.25, -0.2) is 4.79 Å². The molecule has 0 spiro atoms. The third-order valence-corrected chi connectivity index (χ3v) is 6.78. The molecule has 5 heteroatoms. The van der Waals surface area contributed by atoms with Crippen LogP contribution in [0.15, 0.2) is 127 Å². The van der Waals surface area contributed by atoms with Crippen LogP contribution in [0.1, 0.15) is 35.6 Å². The Kier molecular flexibility index (Phi) is 8.97. The monoisotopic (exact) mass is 543 g/mol. The molecule has 0 bridgehead atoms. The van der Waals surface area contributed by atoms with Gasteiger partial charge in [0.1, 0.15) is 24.7 Å². The zero-order chi connectivity index (χ0) is 28.4. The molecule has 1 aromatic heterocycles. The van der Waals surface area contributed by atoms with Gasteiger partial charge in [0.2, 0.25) is 0 Å². The second-order valence-electron chi connectivity index (χ2n) is 9.86. The van der Waals surface area contributed by atoms with Crippen molar-refractivity contribution in [3.05, 3.63) is 149 Å². The van der Waals surface area contributed by atoms with E-state index in [4.69, 9.17) is 9.47 Å². The number of aliphatic carboxylic acids is 1. The Morgan fingerprint density at radius 3 is 1.78 bits per heavy atom. The van der Waals surface area contributed by atoms with Crippen LogP contribution >= 0.6 is 0 Å². The highest BCUT2D eigenvalue weighted by atomic mass is 16.5. The highest BCUT2D eigenvalue weighted by molar-refractivity contribution is 5.93. The molecule has 0 aliphatic carbocycles. The van der Waals surface area contributed by atoms with Gasteiger partial charge in [-0.2, -0.15) is 0 Å². The summed E-state index contributed by atoms with van der Waals surface area (Å²) in [6.07, 6.45) is 6.29. The molecule has 0 unspecified atom stereocenters. The minimum Gasteiger partial charge on any atom is -0.489 e. The minimum absolute atomic E-state index is 0.368. The summed E-state index contributed by atoms with van der Waals surface area (Å²) < 4.78 is 14.5. The first-order valence-corrected chi connectivity index (χ1v) is 13.7. The van der Waals surface area contributed by atoms with Crippen molar-refractivity contribution in [2.75, 3.05) is 0 Å². The van der Waals surface area contributed by atoms with Gasteiger partial charge in [-0.15, -0.1) is 0 Å². The average Bonchev–Trinajstić information content (AvgIpc) is 3.41. The number of ether oxygens (including phenoxy) is 2. The van der Waals surface area contributed by atoms with Crippen molar-refractivity contribution in [2.24, 2.45) is 0 Å². The molecule has 1 N–H and O–H groups in total. The third kappa shape index (κ3) is 7.55. The lowest BCUT2D eigenvalue weighted by Crippen LogP contribution is -2.02. The molecular weight excluding hydrogens is 510 g/mol. The van der Waals surface area contributed by atoms with E-state index in [1.54, 1.807) is 6.08 Å². The lowest BCUT2D eigenvalue weighted by molar-refractivity contribution is -0.132. The number of hydrogen-bond acceptors (Lipinski definition) is 3. The molecule has 1 heterocycles. The minimum atomic E-state index is -0.900. The van der Waals surface area contributed by atoms with E-state index in [0.29, 0.717) is 31.8 Å². The Hall–Kier alpha value is -5.03. The number of aromatic nitrogens is 1. The number of benzene rings is 4. The van der Waals surface area contributed by atoms with Gasteiger partial charge in [0.05, 0.1) is 0 Å². The number of rotatable bonds is 12. The lowest BCUT2D eigenvalue weighted by Gasteiger charge is -2.13. The SMILES string of the molecule is CCC(=Cc1cn(Cc2cc(OCc3ccccc3)cc(OCc3ccccc3)c2)cc1-c1ccccc1)C(=O)O. The summed E-state index contributed by atoms with van der Waals surface area (Å²) >= 11 is 0. The van der Waals surface area contributed by atoms with Gasteiger partial charge in [0.25, 0.3) is 0 Å². The Bertz CT molecular complexity index is 1540. The predicted molar refractivity (Wildman–Crippen MR) is 163 cm³/mol. The Morgan fingerprint density at radius 2 is 1.27 bits per heavy atom. The Balaban J connectivity index is 1.46. The summed E-state index contributed by atoms with van der Waals surface area (Å²) in [5.41, 5.74) is 6.44. The van der Waals surface area contributed by atoms with Gasteiger partial charge in [-0.1, -0.05) is 97.9 Å². The maximum Gasteiger partial charge on any atom is 0.331 e. The van der Waals surface area contributed by atoms with Gasteiger partial charge in [0.15, 0.2) is 0 Å². The fourth-order valence-corrected chi connectivity index (χ4v) is 4.68. The maximum absolute atomic E-state index is 11.8. The molecule has 0 fully saturated rings. The highest BCUT2D eigenvalue weighted by Crippen LogP contribution is 2.30. The first-order valence-electron chi connectivity index (χ1n) is 13.7. The molecular formula is C36H33NO4. The van der Waals surface area contributed by atoms with Crippen molar-refractivity contribution in [1.29, 1.82) is 0 Å². The summed E-state index contributed by atoms with van der Waals surface area (Å²) in [4.78, 5) is 11.8. The fraction of sp³-hybridized carbons (Fsp3) is 0.139. The van der Waals surface area contributed by atoms with Crippen molar-refractivity contribution >= 4 is 12.0 Å². The average molecular weight is 544 g/mol. The lowest BCUT2D eigenvalue weighted by atomic mass is 10.0. The topological polar surface area (TPSA) is 60.7 Å². The second-order valence-corrected chi connectivity index (χ2v) is 9.86. The molecule has 4 aromatic carbocycles. The van der Waals surface area contributed by atoms with E-state index in [0.717, 1.165) is 44.9 Å². The van der Waals surface area contributed by atoms with Crippen LogP contribution in [0.3, 0.4) is 0 Å². The summed E-state index contributed by atoms with van der Waals surface area (Å²) in [6, 6.07) is 36.2. The van der Waals surface area contributed by atoms with Crippen LogP contribution in [0.25, 0.3) is 17.2 Å². The Labute approximate surface area is 240 Å². The van der Waals surface area contributed by atoms with Crippen molar-refractivity contribution in [3.63, 3.8) is 0 Å². The number of carbonyl (C=O) groups is 1. The zero-order valence-electron chi connectivity index (χ0n) is 23.1. The van der Waals surface area contributed by atoms with Gasteiger partial charge in [0, 0.05) is 41.7 Å². The van der Waals surface area contributed by atoms with E-state index in [2.05, 4.69) is 10.8 Å². The number of carboxylic acids is 1. The molecule has 206 valence electrons. The van der Waals surface area contributed by atoms with Crippen LogP contribution in [0.2, 0.25) is 0 Å². The summed E-state index contributed by atoms with van der Waals surface area (Å²) in [5.74, 6) is 0.552. The van der Waals surface area contributed by atoms with Crippen LogP contribution < -0.4 is 9.47 Å². The number of nitrogens with zero attached hydrogens (tertiary/aromatic N) is 1. The molecule has 0 saturated heterocycles. The summed E-state index contributed by atoms with van der Waals surface area (Å²) in [5, 5.41) is 9.66. The van der Waals surface area contributed by atoms with Crippen molar-refractivity contribution < 1.29 is 19.4 Å². The standard InChI is InChI=1S/C36H33NO4/c1-2-30(36(38)39)20-32-23-37(24-35(32)31-16-10-5-11-17-31)22-29-18-33(40-25-27-12-6-3-7-13-27)21-34(19-29)41-26-28-14-8-4-9-15-28/h3-21,23-24H,2,22,25-26H2,1H3,(H,38,39). The maximum atomic E-state index is 11.8. The zero-order valence-corrected chi connectivity index (χ0v) is 23.1. The Morgan fingerprint density at radius 1 is 0.732 bits per heavy atom. The molecule has 0 amide bonds. The van der Waals surface area contributed by atoms with Gasteiger partial charge in [-0.05, 0) is 46.9 Å². The normalized spacial score (nSPS) is 11.3. The largest absolute Gasteiger partial charge is 0.489 e. The van der Waals surface area contributed by atoms with Crippen molar-refractivity contribution in [3.8, 4) is 22.6 Å². The molecule has 0 saturated carbocycles. The third-order valence-electron chi connectivity index (χ3n) is 6.78. The first kappa shape index (κ1) is 27.5. The predicted octanol–water partition coefficient (Wildman–Crippen LogP) is 8.24. The van der Waals surface area contributed by atoms with Crippen LogP contribution in [0.4, 0.5) is 0 Å². The van der Waals surface area contributed by atoms with E-state index in [-0.39, 0.29) is 0 Å². The van der Waals surface area contributed by atoms with Crippen molar-refractivity contribution in [2.45, 2.75) is 33.1 Å². The molecule has 0 atom stereocenters.